The zero-order valence-electron chi connectivity index (χ0n) is 18.7. The van der Waals surface area contributed by atoms with Crippen LogP contribution in [-0.4, -0.2) is 39.5 Å². The molecule has 7 heteroatoms. The molecule has 2 atom stereocenters. The van der Waals surface area contributed by atoms with Crippen LogP contribution in [0.2, 0.25) is 0 Å². The fraction of sp³-hybridized carbons (Fsp3) is 0.346. The fourth-order valence-corrected chi connectivity index (χ4v) is 5.03. The van der Waals surface area contributed by atoms with Gasteiger partial charge in [-0.05, 0) is 30.9 Å². The van der Waals surface area contributed by atoms with E-state index in [1.54, 1.807) is 4.90 Å². The highest BCUT2D eigenvalue weighted by Crippen LogP contribution is 2.32. The van der Waals surface area contributed by atoms with Crippen LogP contribution in [0, 0.1) is 6.92 Å². The lowest BCUT2D eigenvalue weighted by Gasteiger charge is -2.27. The smallest absolute Gasteiger partial charge is 0.252 e. The lowest BCUT2D eigenvalue weighted by Crippen LogP contribution is -2.41. The number of aromatic nitrogens is 1. The molecule has 1 aliphatic rings. The van der Waals surface area contributed by atoms with Crippen LogP contribution in [0.25, 0.3) is 0 Å². The Labute approximate surface area is 198 Å². The van der Waals surface area contributed by atoms with Crippen LogP contribution in [-0.2, 0) is 22.6 Å². The Morgan fingerprint density at radius 2 is 2.03 bits per heavy atom. The Balaban J connectivity index is 1.26. The minimum atomic E-state index is -1.34. The number of rotatable bonds is 8. The largest absolute Gasteiger partial charge is 0.383 e. The Bertz CT molecular complexity index is 1100. The first kappa shape index (κ1) is 23.1. The topological polar surface area (TPSA) is 82.5 Å². The fourth-order valence-electron chi connectivity index (χ4n) is 4.30. The van der Waals surface area contributed by atoms with Gasteiger partial charge in [0.15, 0.2) is 0 Å². The van der Waals surface area contributed by atoms with Crippen molar-refractivity contribution in [3.63, 3.8) is 0 Å². The number of nitrogens with zero attached hydrogens (tertiary/aromatic N) is 2. The first-order valence-electron chi connectivity index (χ1n) is 11.3. The first-order valence-corrected chi connectivity index (χ1v) is 12.2. The molecule has 0 aliphatic carbocycles. The molecule has 172 valence electrons. The van der Waals surface area contributed by atoms with Crippen LogP contribution >= 0.6 is 11.3 Å². The maximum atomic E-state index is 12.8. The number of nitrogens with one attached hydrogen (secondary N) is 1. The van der Waals surface area contributed by atoms with E-state index in [9.17, 15) is 14.7 Å². The summed E-state index contributed by atoms with van der Waals surface area (Å²) in [6.45, 7) is 2.95. The number of carbonyl (C=O) groups is 2. The van der Waals surface area contributed by atoms with E-state index in [1.807, 2.05) is 41.8 Å². The average Bonchev–Trinajstić information content (AvgIpc) is 3.47. The van der Waals surface area contributed by atoms with Crippen molar-refractivity contribution >= 4 is 23.2 Å². The van der Waals surface area contributed by atoms with Gasteiger partial charge in [-0.15, -0.1) is 11.3 Å². The predicted molar refractivity (Wildman–Crippen MR) is 129 cm³/mol. The second-order valence-electron chi connectivity index (χ2n) is 8.50. The van der Waals surface area contributed by atoms with Crippen molar-refractivity contribution in [3.8, 4) is 0 Å². The van der Waals surface area contributed by atoms with Gasteiger partial charge in [-0.3, -0.25) is 9.59 Å². The third-order valence-electron chi connectivity index (χ3n) is 5.89. The summed E-state index contributed by atoms with van der Waals surface area (Å²) in [6.07, 6.45) is 0.904. The monoisotopic (exact) mass is 463 g/mol. The molecule has 0 radical (unpaired) electrons. The molecule has 6 nitrogen and oxygen atoms in total. The second kappa shape index (κ2) is 10.7. The molecule has 3 aromatic rings. The second-order valence-corrected chi connectivity index (χ2v) is 9.44. The molecule has 4 rings (SSSR count). The normalized spacial score (nSPS) is 16.5. The number of aryl methyl sites for hydroxylation is 1. The zero-order chi connectivity index (χ0) is 23.2. The van der Waals surface area contributed by atoms with E-state index >= 15 is 0 Å². The van der Waals surface area contributed by atoms with Crippen LogP contribution in [0.15, 0.2) is 60.0 Å². The van der Waals surface area contributed by atoms with Crippen molar-refractivity contribution in [3.05, 3.63) is 87.4 Å². The predicted octanol–water partition coefficient (Wildman–Crippen LogP) is 3.77. The molecule has 1 fully saturated rings. The number of amides is 2. The lowest BCUT2D eigenvalue weighted by molar-refractivity contribution is -0.144. The summed E-state index contributed by atoms with van der Waals surface area (Å²) in [5.74, 6) is -0.743. The molecular formula is C26H29N3O3S. The van der Waals surface area contributed by atoms with Crippen LogP contribution in [0.1, 0.15) is 52.7 Å². The summed E-state index contributed by atoms with van der Waals surface area (Å²) in [6, 6.07) is 18.1. The standard InChI is InChI=1S/C26H29N3O3S/c1-18-7-5-8-19(13-18)14-21-17-33-25(28-21)16-27-24(31)15-23(30)26(32)29-12-6-11-22(29)20-9-3-2-4-10-20/h2-5,7-10,13,17,22-23,30H,6,11-12,14-16H2,1H3,(H,27,31)/t22?,23-/m1/s1. The molecule has 1 aromatic heterocycles. The molecule has 0 saturated carbocycles. The van der Waals surface area contributed by atoms with Crippen molar-refractivity contribution in [2.24, 2.45) is 0 Å². The lowest BCUT2D eigenvalue weighted by atomic mass is 10.0. The summed E-state index contributed by atoms with van der Waals surface area (Å²) < 4.78 is 0. The van der Waals surface area contributed by atoms with Gasteiger partial charge < -0.3 is 15.3 Å². The van der Waals surface area contributed by atoms with Crippen molar-refractivity contribution < 1.29 is 14.7 Å². The number of aliphatic hydroxyl groups excluding tert-OH is 1. The molecule has 2 amide bonds. The Hall–Kier alpha value is -3.03. The number of hydrogen-bond donors (Lipinski definition) is 2. The first-order chi connectivity index (χ1) is 16.0. The maximum absolute atomic E-state index is 12.8. The summed E-state index contributed by atoms with van der Waals surface area (Å²) in [7, 11) is 0. The van der Waals surface area contributed by atoms with Gasteiger partial charge in [-0.1, -0.05) is 60.2 Å². The van der Waals surface area contributed by atoms with Gasteiger partial charge in [0.2, 0.25) is 5.91 Å². The van der Waals surface area contributed by atoms with Gasteiger partial charge in [0.05, 0.1) is 24.7 Å². The zero-order valence-corrected chi connectivity index (χ0v) is 19.6. The maximum Gasteiger partial charge on any atom is 0.252 e. The third kappa shape index (κ3) is 6.06. The number of carbonyl (C=O) groups excluding carboxylic acids is 2. The average molecular weight is 464 g/mol. The Kier molecular flexibility index (Phi) is 7.52. The quantitative estimate of drug-likeness (QED) is 0.533. The van der Waals surface area contributed by atoms with Crippen LogP contribution in [0.5, 0.6) is 0 Å². The minimum Gasteiger partial charge on any atom is -0.383 e. The number of thiazole rings is 1. The molecule has 2 aromatic carbocycles. The molecule has 33 heavy (non-hydrogen) atoms. The molecule has 1 saturated heterocycles. The molecule has 0 bridgehead atoms. The summed E-state index contributed by atoms with van der Waals surface area (Å²) in [4.78, 5) is 31.5. The van der Waals surface area contributed by atoms with Gasteiger partial charge in [0.25, 0.3) is 5.91 Å². The number of hydrogen-bond acceptors (Lipinski definition) is 5. The molecular weight excluding hydrogens is 434 g/mol. The van der Waals surface area contributed by atoms with E-state index in [0.29, 0.717) is 6.54 Å². The van der Waals surface area contributed by atoms with Gasteiger partial charge in [0.1, 0.15) is 11.1 Å². The molecule has 2 N–H and O–H groups in total. The van der Waals surface area contributed by atoms with E-state index in [0.717, 1.165) is 35.5 Å². The molecule has 1 aliphatic heterocycles. The van der Waals surface area contributed by atoms with E-state index in [2.05, 4.69) is 35.4 Å². The summed E-state index contributed by atoms with van der Waals surface area (Å²) in [5, 5.41) is 16.0. The van der Waals surface area contributed by atoms with E-state index < -0.39 is 6.10 Å². The van der Waals surface area contributed by atoms with Crippen molar-refractivity contribution in [2.75, 3.05) is 6.54 Å². The summed E-state index contributed by atoms with van der Waals surface area (Å²) >= 11 is 1.49. The Morgan fingerprint density at radius 3 is 2.82 bits per heavy atom. The summed E-state index contributed by atoms with van der Waals surface area (Å²) in [5.41, 5.74) is 4.44. The molecule has 0 spiro atoms. The van der Waals surface area contributed by atoms with Gasteiger partial charge >= 0.3 is 0 Å². The van der Waals surface area contributed by atoms with E-state index in [-0.39, 0.29) is 30.8 Å². The number of aliphatic hydroxyl groups is 1. The van der Waals surface area contributed by atoms with Crippen LogP contribution < -0.4 is 5.32 Å². The number of benzene rings is 2. The van der Waals surface area contributed by atoms with Crippen LogP contribution in [0.3, 0.4) is 0 Å². The van der Waals surface area contributed by atoms with Gasteiger partial charge in [0, 0.05) is 18.3 Å². The van der Waals surface area contributed by atoms with Crippen LogP contribution in [0.4, 0.5) is 0 Å². The number of likely N-dealkylation sites (tertiary alicyclic amines) is 1. The van der Waals surface area contributed by atoms with E-state index in [4.69, 9.17) is 0 Å². The van der Waals surface area contributed by atoms with Crippen molar-refractivity contribution in [1.29, 1.82) is 0 Å². The van der Waals surface area contributed by atoms with Crippen molar-refractivity contribution in [2.45, 2.75) is 51.3 Å². The highest BCUT2D eigenvalue weighted by atomic mass is 32.1. The van der Waals surface area contributed by atoms with Gasteiger partial charge in [-0.2, -0.15) is 0 Å². The molecule has 2 heterocycles. The highest BCUT2D eigenvalue weighted by molar-refractivity contribution is 7.09. The third-order valence-corrected chi connectivity index (χ3v) is 6.79. The SMILES string of the molecule is Cc1cccc(Cc2csc(CNC(=O)C[C@@H](O)C(=O)N3CCCC3c3ccccc3)n2)c1. The van der Waals surface area contributed by atoms with E-state index in [1.165, 1.54) is 22.5 Å². The van der Waals surface area contributed by atoms with Gasteiger partial charge in [-0.25, -0.2) is 4.98 Å². The highest BCUT2D eigenvalue weighted by Gasteiger charge is 2.33. The van der Waals surface area contributed by atoms with Crippen molar-refractivity contribution in [1.82, 2.24) is 15.2 Å². The Morgan fingerprint density at radius 1 is 1.21 bits per heavy atom. The minimum absolute atomic E-state index is 0.0430. The molecule has 1 unspecified atom stereocenters.